The van der Waals surface area contributed by atoms with E-state index in [1.165, 1.54) is 4.31 Å². The van der Waals surface area contributed by atoms with Gasteiger partial charge in [-0.05, 0) is 12.1 Å². The Morgan fingerprint density at radius 1 is 1.18 bits per heavy atom. The fraction of sp³-hybridized carbons (Fsp3) is 0.357. The van der Waals surface area contributed by atoms with Crippen LogP contribution in [0.2, 0.25) is 0 Å². The summed E-state index contributed by atoms with van der Waals surface area (Å²) in [5.74, 6) is 0. The second-order valence-corrected chi connectivity index (χ2v) is 6.72. The monoisotopic (exact) mass is 322 g/mol. The molecule has 1 aliphatic rings. The maximum Gasteiger partial charge on any atom is 0.279 e. The number of aromatic nitrogens is 2. The topological polar surface area (TPSA) is 76.5 Å². The van der Waals surface area contributed by atoms with Crippen LogP contribution in [0.3, 0.4) is 0 Å². The standard InChI is InChI=1S/C14H18N4O3S/c19-22(20,17-6-8-21-9-7-17)16-11-13-10-15-18(12-13)14-4-2-1-3-5-14/h1-5,10,12,16H,6-9,11H2. The number of morpholine rings is 1. The zero-order valence-corrected chi connectivity index (χ0v) is 12.9. The molecule has 1 fully saturated rings. The van der Waals surface area contributed by atoms with Crippen LogP contribution in [0, 0.1) is 0 Å². The highest BCUT2D eigenvalue weighted by molar-refractivity contribution is 7.87. The highest BCUT2D eigenvalue weighted by Gasteiger charge is 2.23. The molecule has 1 N–H and O–H groups in total. The van der Waals surface area contributed by atoms with Gasteiger partial charge in [0.05, 0.1) is 25.1 Å². The van der Waals surface area contributed by atoms with Crippen molar-refractivity contribution in [1.82, 2.24) is 18.8 Å². The van der Waals surface area contributed by atoms with Crippen molar-refractivity contribution in [3.8, 4) is 5.69 Å². The van der Waals surface area contributed by atoms with Crippen LogP contribution >= 0.6 is 0 Å². The van der Waals surface area contributed by atoms with Crippen LogP contribution in [0.4, 0.5) is 0 Å². The molecular formula is C14H18N4O3S. The van der Waals surface area contributed by atoms with E-state index in [0.717, 1.165) is 11.3 Å². The van der Waals surface area contributed by atoms with Gasteiger partial charge in [0.2, 0.25) is 0 Å². The minimum atomic E-state index is -3.47. The van der Waals surface area contributed by atoms with Gasteiger partial charge in [0.25, 0.3) is 10.2 Å². The van der Waals surface area contributed by atoms with Crippen molar-refractivity contribution < 1.29 is 13.2 Å². The number of benzene rings is 1. The molecule has 1 aliphatic heterocycles. The van der Waals surface area contributed by atoms with Gasteiger partial charge in [-0.25, -0.2) is 4.68 Å². The van der Waals surface area contributed by atoms with E-state index in [1.807, 2.05) is 36.5 Å². The Bertz CT molecular complexity index is 709. The van der Waals surface area contributed by atoms with Crippen molar-refractivity contribution in [1.29, 1.82) is 0 Å². The highest BCUT2D eigenvalue weighted by Crippen LogP contribution is 2.09. The summed E-state index contributed by atoms with van der Waals surface area (Å²) in [5, 5.41) is 4.25. The predicted octanol–water partition coefficient (Wildman–Crippen LogP) is 0.539. The lowest BCUT2D eigenvalue weighted by Gasteiger charge is -2.25. The van der Waals surface area contributed by atoms with Crippen LogP contribution in [0.5, 0.6) is 0 Å². The van der Waals surface area contributed by atoms with Gasteiger partial charge in [0.1, 0.15) is 0 Å². The third kappa shape index (κ3) is 3.53. The Hall–Kier alpha value is -1.74. The molecule has 0 radical (unpaired) electrons. The molecule has 0 atom stereocenters. The number of ether oxygens (including phenoxy) is 1. The van der Waals surface area contributed by atoms with Crippen LogP contribution in [0.15, 0.2) is 42.7 Å². The number of para-hydroxylation sites is 1. The maximum absolute atomic E-state index is 12.2. The molecule has 0 bridgehead atoms. The SMILES string of the molecule is O=S(=O)(NCc1cnn(-c2ccccc2)c1)N1CCOCC1. The molecule has 3 rings (SSSR count). The predicted molar refractivity (Wildman–Crippen MR) is 81.7 cm³/mol. The second kappa shape index (κ2) is 6.57. The molecule has 1 saturated heterocycles. The number of nitrogens with zero attached hydrogens (tertiary/aromatic N) is 3. The van der Waals surface area contributed by atoms with Gasteiger partial charge in [-0.3, -0.25) is 0 Å². The molecule has 0 unspecified atom stereocenters. The summed E-state index contributed by atoms with van der Waals surface area (Å²) in [6.07, 6.45) is 3.48. The van der Waals surface area contributed by atoms with Crippen LogP contribution in [0.25, 0.3) is 5.69 Å². The first kappa shape index (κ1) is 15.2. The van der Waals surface area contributed by atoms with E-state index in [1.54, 1.807) is 10.9 Å². The van der Waals surface area contributed by atoms with Crippen LogP contribution in [-0.4, -0.2) is 48.8 Å². The van der Waals surface area contributed by atoms with Crippen molar-refractivity contribution in [2.24, 2.45) is 0 Å². The van der Waals surface area contributed by atoms with Gasteiger partial charge >= 0.3 is 0 Å². The summed E-state index contributed by atoms with van der Waals surface area (Å²) >= 11 is 0. The molecule has 1 aromatic carbocycles. The molecule has 118 valence electrons. The Morgan fingerprint density at radius 3 is 2.64 bits per heavy atom. The van der Waals surface area contributed by atoms with E-state index in [9.17, 15) is 8.42 Å². The summed E-state index contributed by atoms with van der Waals surface area (Å²) < 4.78 is 35.2. The average Bonchev–Trinajstić information content (AvgIpc) is 3.04. The molecule has 7 nitrogen and oxygen atoms in total. The lowest BCUT2D eigenvalue weighted by molar-refractivity contribution is 0.0725. The van der Waals surface area contributed by atoms with E-state index in [0.29, 0.717) is 26.3 Å². The first-order valence-electron chi connectivity index (χ1n) is 7.06. The van der Waals surface area contributed by atoms with E-state index in [-0.39, 0.29) is 6.54 Å². The Morgan fingerprint density at radius 2 is 1.91 bits per heavy atom. The summed E-state index contributed by atoms with van der Waals surface area (Å²) in [4.78, 5) is 0. The van der Waals surface area contributed by atoms with Gasteiger partial charge in [0, 0.05) is 31.4 Å². The van der Waals surface area contributed by atoms with E-state index >= 15 is 0 Å². The Kier molecular flexibility index (Phi) is 4.53. The smallest absolute Gasteiger partial charge is 0.279 e. The number of hydrogen-bond acceptors (Lipinski definition) is 4. The van der Waals surface area contributed by atoms with Crippen molar-refractivity contribution in [3.63, 3.8) is 0 Å². The van der Waals surface area contributed by atoms with Gasteiger partial charge in [0.15, 0.2) is 0 Å². The van der Waals surface area contributed by atoms with E-state index < -0.39 is 10.2 Å². The molecule has 0 amide bonds. The van der Waals surface area contributed by atoms with Gasteiger partial charge < -0.3 is 4.74 Å². The number of nitrogens with one attached hydrogen (secondary N) is 1. The van der Waals surface area contributed by atoms with Gasteiger partial charge in [-0.2, -0.15) is 22.5 Å². The van der Waals surface area contributed by atoms with E-state index in [2.05, 4.69) is 9.82 Å². The normalized spacial score (nSPS) is 16.7. The molecule has 0 aliphatic carbocycles. The summed E-state index contributed by atoms with van der Waals surface area (Å²) in [6.45, 7) is 1.86. The molecule has 8 heteroatoms. The van der Waals surface area contributed by atoms with Crippen LogP contribution in [-0.2, 0) is 21.5 Å². The minimum absolute atomic E-state index is 0.215. The van der Waals surface area contributed by atoms with Crippen molar-refractivity contribution in [2.75, 3.05) is 26.3 Å². The quantitative estimate of drug-likeness (QED) is 0.872. The zero-order valence-electron chi connectivity index (χ0n) is 12.1. The maximum atomic E-state index is 12.2. The third-order valence-electron chi connectivity index (χ3n) is 3.43. The van der Waals surface area contributed by atoms with Crippen LogP contribution in [0.1, 0.15) is 5.56 Å². The van der Waals surface area contributed by atoms with Crippen molar-refractivity contribution >= 4 is 10.2 Å². The van der Waals surface area contributed by atoms with Crippen molar-refractivity contribution in [3.05, 3.63) is 48.3 Å². The lowest BCUT2D eigenvalue weighted by Crippen LogP contribution is -2.46. The van der Waals surface area contributed by atoms with E-state index in [4.69, 9.17) is 4.74 Å². The van der Waals surface area contributed by atoms with Crippen molar-refractivity contribution in [2.45, 2.75) is 6.54 Å². The largest absolute Gasteiger partial charge is 0.379 e. The molecule has 2 aromatic rings. The third-order valence-corrected chi connectivity index (χ3v) is 4.98. The molecule has 0 saturated carbocycles. The van der Waals surface area contributed by atoms with Gasteiger partial charge in [-0.15, -0.1) is 0 Å². The fourth-order valence-electron chi connectivity index (χ4n) is 2.23. The molecule has 0 spiro atoms. The fourth-order valence-corrected chi connectivity index (χ4v) is 3.39. The minimum Gasteiger partial charge on any atom is -0.379 e. The molecule has 2 heterocycles. The highest BCUT2D eigenvalue weighted by atomic mass is 32.2. The average molecular weight is 322 g/mol. The second-order valence-electron chi connectivity index (χ2n) is 4.97. The Labute approximate surface area is 129 Å². The Balaban J connectivity index is 1.63. The molecular weight excluding hydrogens is 304 g/mol. The number of rotatable bonds is 5. The summed E-state index contributed by atoms with van der Waals surface area (Å²) in [6, 6.07) is 9.67. The molecule has 1 aromatic heterocycles. The number of hydrogen-bond donors (Lipinski definition) is 1. The molecule has 22 heavy (non-hydrogen) atoms. The van der Waals surface area contributed by atoms with Crippen LogP contribution < -0.4 is 4.72 Å². The van der Waals surface area contributed by atoms with Gasteiger partial charge in [-0.1, -0.05) is 18.2 Å². The summed E-state index contributed by atoms with van der Waals surface area (Å²) in [7, 11) is -3.47. The lowest BCUT2D eigenvalue weighted by atomic mass is 10.3. The summed E-state index contributed by atoms with van der Waals surface area (Å²) in [5.41, 5.74) is 1.74. The first-order chi connectivity index (χ1) is 10.6. The zero-order chi connectivity index (χ0) is 15.4. The first-order valence-corrected chi connectivity index (χ1v) is 8.51.